The number of aliphatic hydroxyl groups excluding tert-OH is 1. The quantitative estimate of drug-likeness (QED) is 0.221. The number of rotatable bonds is 6. The van der Waals surface area contributed by atoms with E-state index in [1.165, 1.54) is 48.9 Å². The summed E-state index contributed by atoms with van der Waals surface area (Å²) in [6, 6.07) is 12.4. The van der Waals surface area contributed by atoms with Crippen LogP contribution in [-0.2, 0) is 19.1 Å². The van der Waals surface area contributed by atoms with Crippen LogP contribution >= 0.6 is 0 Å². The number of nitrogens with one attached hydrogen (secondary N) is 3. The molecule has 0 fully saturated rings. The molecule has 5 rings (SSSR count). The van der Waals surface area contributed by atoms with Crippen molar-refractivity contribution < 1.29 is 41.4 Å². The Balaban J connectivity index is 1.42. The maximum atomic E-state index is 14.6. The van der Waals surface area contributed by atoms with E-state index in [1.807, 2.05) is 0 Å². The number of halogens is 4. The molecule has 0 spiro atoms. The highest BCUT2D eigenvalue weighted by atomic mass is 19.4. The number of nitrogens with zero attached hydrogens (tertiary/aromatic N) is 1. The van der Waals surface area contributed by atoms with Gasteiger partial charge in [-0.25, -0.2) is 9.37 Å². The van der Waals surface area contributed by atoms with Crippen molar-refractivity contribution in [1.82, 2.24) is 20.9 Å². The SMILES string of the molecule is O=C1NCCCCOc2cc(F)cc(c2)C[C@@H]([C@H](O)CNCc2cccc(C(F)(F)F)c2)NC(=O)c2cc1cc(-c1ncco1)c2. The van der Waals surface area contributed by atoms with Crippen molar-refractivity contribution in [2.75, 3.05) is 19.7 Å². The molecule has 9 nitrogen and oxygen atoms in total. The Bertz CT molecular complexity index is 1660. The van der Waals surface area contributed by atoms with Gasteiger partial charge in [-0.3, -0.25) is 9.59 Å². The Kier molecular flexibility index (Phi) is 10.3. The number of hydrogen-bond acceptors (Lipinski definition) is 7. The van der Waals surface area contributed by atoms with Gasteiger partial charge in [0.1, 0.15) is 17.8 Å². The van der Waals surface area contributed by atoms with E-state index in [4.69, 9.17) is 9.15 Å². The zero-order chi connectivity index (χ0) is 32.7. The molecule has 2 atom stereocenters. The van der Waals surface area contributed by atoms with E-state index in [1.54, 1.807) is 12.1 Å². The van der Waals surface area contributed by atoms with E-state index in [9.17, 15) is 32.3 Å². The molecule has 4 bridgehead atoms. The lowest BCUT2D eigenvalue weighted by molar-refractivity contribution is -0.137. The second-order valence-electron chi connectivity index (χ2n) is 10.9. The summed E-state index contributed by atoms with van der Waals surface area (Å²) in [5.74, 6) is -1.16. The van der Waals surface area contributed by atoms with E-state index in [0.717, 1.165) is 12.1 Å². The second kappa shape index (κ2) is 14.6. The molecule has 0 saturated carbocycles. The highest BCUT2D eigenvalue weighted by Gasteiger charge is 2.30. The van der Waals surface area contributed by atoms with Crippen molar-refractivity contribution in [3.63, 3.8) is 0 Å². The van der Waals surface area contributed by atoms with Crippen LogP contribution in [0.2, 0.25) is 0 Å². The van der Waals surface area contributed by atoms with E-state index >= 15 is 0 Å². The fourth-order valence-electron chi connectivity index (χ4n) is 5.08. The molecule has 242 valence electrons. The molecule has 1 aromatic heterocycles. The summed E-state index contributed by atoms with van der Waals surface area (Å²) >= 11 is 0. The smallest absolute Gasteiger partial charge is 0.416 e. The first-order valence-electron chi connectivity index (χ1n) is 14.7. The molecule has 3 aromatic carbocycles. The summed E-state index contributed by atoms with van der Waals surface area (Å²) in [7, 11) is 0. The van der Waals surface area contributed by atoms with Crippen LogP contribution in [0.3, 0.4) is 0 Å². The Morgan fingerprint density at radius 2 is 1.78 bits per heavy atom. The van der Waals surface area contributed by atoms with Gasteiger partial charge in [-0.1, -0.05) is 18.2 Å². The van der Waals surface area contributed by atoms with Crippen LogP contribution < -0.4 is 20.7 Å². The maximum absolute atomic E-state index is 14.6. The first kappa shape index (κ1) is 32.6. The summed E-state index contributed by atoms with van der Waals surface area (Å²) in [6.07, 6.45) is -1.83. The second-order valence-corrected chi connectivity index (χ2v) is 10.9. The van der Waals surface area contributed by atoms with Gasteiger partial charge >= 0.3 is 6.18 Å². The summed E-state index contributed by atoms with van der Waals surface area (Å²) in [5, 5.41) is 19.8. The number of ether oxygens (including phenoxy) is 1. The molecule has 4 aromatic rings. The van der Waals surface area contributed by atoms with Crippen molar-refractivity contribution >= 4 is 11.8 Å². The Labute approximate surface area is 262 Å². The molecule has 0 radical (unpaired) electrons. The van der Waals surface area contributed by atoms with Crippen molar-refractivity contribution in [3.8, 4) is 17.2 Å². The van der Waals surface area contributed by atoms with E-state index in [0.29, 0.717) is 36.1 Å². The standard InChI is InChI=1S/C33H32F4N4O5/c34-26-11-21-12-27(17-26)45-8-2-1-6-39-30(43)22-14-23(16-24(15-22)32-40-7-9-46-32)31(44)41-28(13-21)29(42)19-38-18-20-4-3-5-25(10-20)33(35,36)37/h3-5,7,9-12,14-17,28-29,38,42H,1-2,6,8,13,18-19H2,(H,39,43)(H,41,44)/t28-,29+/m0/s1. The number of aromatic nitrogens is 1. The largest absolute Gasteiger partial charge is 0.493 e. The molecule has 0 aliphatic carbocycles. The summed E-state index contributed by atoms with van der Waals surface area (Å²) < 4.78 is 65.1. The van der Waals surface area contributed by atoms with Gasteiger partial charge in [0.05, 0.1) is 30.5 Å². The summed E-state index contributed by atoms with van der Waals surface area (Å²) in [6.45, 7) is 0.494. The first-order chi connectivity index (χ1) is 22.0. The maximum Gasteiger partial charge on any atom is 0.416 e. The predicted molar refractivity (Wildman–Crippen MR) is 160 cm³/mol. The van der Waals surface area contributed by atoms with Gasteiger partial charge in [-0.2, -0.15) is 13.2 Å². The van der Waals surface area contributed by atoms with Crippen molar-refractivity contribution in [2.45, 2.75) is 44.1 Å². The van der Waals surface area contributed by atoms with Gasteiger partial charge < -0.3 is 30.2 Å². The van der Waals surface area contributed by atoms with Crippen LogP contribution in [0.4, 0.5) is 17.6 Å². The lowest BCUT2D eigenvalue weighted by atomic mass is 9.99. The fraction of sp³-hybridized carbons (Fsp3) is 0.303. The normalized spacial score (nSPS) is 16.9. The number of alkyl halides is 3. The van der Waals surface area contributed by atoms with Crippen LogP contribution in [0, 0.1) is 5.82 Å². The van der Waals surface area contributed by atoms with Gasteiger partial charge in [0.25, 0.3) is 11.8 Å². The van der Waals surface area contributed by atoms with Crippen molar-refractivity contribution in [1.29, 1.82) is 0 Å². The van der Waals surface area contributed by atoms with Crippen LogP contribution in [0.25, 0.3) is 11.5 Å². The number of oxazole rings is 1. The Hall–Kier alpha value is -4.75. The molecule has 4 N–H and O–H groups in total. The third-order valence-corrected chi connectivity index (χ3v) is 7.37. The minimum atomic E-state index is -4.50. The number of hydrogen-bond donors (Lipinski definition) is 4. The molecular weight excluding hydrogens is 608 g/mol. The first-order valence-corrected chi connectivity index (χ1v) is 14.7. The zero-order valence-electron chi connectivity index (χ0n) is 24.6. The van der Waals surface area contributed by atoms with Crippen molar-refractivity contribution in [2.24, 2.45) is 0 Å². The van der Waals surface area contributed by atoms with E-state index in [-0.39, 0.29) is 48.9 Å². The monoisotopic (exact) mass is 640 g/mol. The van der Waals surface area contributed by atoms with Crippen LogP contribution in [0.1, 0.15) is 50.2 Å². The van der Waals surface area contributed by atoms with Gasteiger partial charge in [0.2, 0.25) is 5.89 Å². The van der Waals surface area contributed by atoms with Gasteiger partial charge in [-0.15, -0.1) is 0 Å². The Morgan fingerprint density at radius 3 is 2.54 bits per heavy atom. The number of carbonyl (C=O) groups is 2. The number of benzene rings is 3. The van der Waals surface area contributed by atoms with Crippen LogP contribution in [0.5, 0.6) is 5.75 Å². The Morgan fingerprint density at radius 1 is 1.00 bits per heavy atom. The molecule has 0 unspecified atom stereocenters. The summed E-state index contributed by atoms with van der Waals surface area (Å²) in [4.78, 5) is 30.8. The molecule has 13 heteroatoms. The molecule has 2 heterocycles. The number of amides is 2. The lowest BCUT2D eigenvalue weighted by Crippen LogP contribution is -2.48. The molecular formula is C33H32F4N4O5. The lowest BCUT2D eigenvalue weighted by Gasteiger charge is -2.25. The molecule has 1 aliphatic rings. The van der Waals surface area contributed by atoms with Gasteiger partial charge in [-0.05, 0) is 66.8 Å². The average Bonchev–Trinajstić information content (AvgIpc) is 3.56. The molecule has 0 saturated heterocycles. The minimum absolute atomic E-state index is 0.0102. The minimum Gasteiger partial charge on any atom is -0.493 e. The number of aliphatic hydroxyl groups is 1. The fourth-order valence-corrected chi connectivity index (χ4v) is 5.08. The topological polar surface area (TPSA) is 126 Å². The third kappa shape index (κ3) is 8.70. The van der Waals surface area contributed by atoms with Gasteiger partial charge in [0.15, 0.2) is 0 Å². The number of fused-ring (bicyclic) bond motifs is 4. The predicted octanol–water partition coefficient (Wildman–Crippen LogP) is 4.89. The summed E-state index contributed by atoms with van der Waals surface area (Å²) in [5.41, 5.74) is 0.645. The molecule has 46 heavy (non-hydrogen) atoms. The average molecular weight is 641 g/mol. The van der Waals surface area contributed by atoms with E-state index in [2.05, 4.69) is 20.9 Å². The number of carbonyl (C=O) groups excluding carboxylic acids is 2. The third-order valence-electron chi connectivity index (χ3n) is 7.37. The highest BCUT2D eigenvalue weighted by Crippen LogP contribution is 2.29. The molecule has 2 amide bonds. The zero-order valence-corrected chi connectivity index (χ0v) is 24.6. The van der Waals surface area contributed by atoms with Crippen LogP contribution in [0.15, 0.2) is 77.5 Å². The van der Waals surface area contributed by atoms with Crippen LogP contribution in [-0.4, -0.2) is 53.7 Å². The highest BCUT2D eigenvalue weighted by molar-refractivity contribution is 6.01. The molecule has 1 aliphatic heterocycles. The van der Waals surface area contributed by atoms with Crippen molar-refractivity contribution in [3.05, 3.63) is 107 Å². The van der Waals surface area contributed by atoms with E-state index < -0.39 is 41.5 Å². The van der Waals surface area contributed by atoms with Gasteiger partial charge in [0, 0.05) is 42.4 Å².